The lowest BCUT2D eigenvalue weighted by Crippen LogP contribution is -2.07. The number of pyridine rings is 1. The molecule has 1 rings (SSSR count). The summed E-state index contributed by atoms with van der Waals surface area (Å²) < 4.78 is 37.9. The molecule has 1 aromatic heterocycles. The van der Waals surface area contributed by atoms with Crippen molar-refractivity contribution in [2.24, 2.45) is 5.92 Å². The average Bonchev–Trinajstić information content (AvgIpc) is 2.24. The number of nitrogens with zero attached hydrogens (tertiary/aromatic N) is 1. The number of halogens is 3. The van der Waals surface area contributed by atoms with Crippen LogP contribution in [0.3, 0.4) is 0 Å². The molecule has 0 aliphatic carbocycles. The number of thioether (sulfide) groups is 1. The molecule has 0 fully saturated rings. The number of anilines is 1. The summed E-state index contributed by atoms with van der Waals surface area (Å²) >= 11 is 1.34. The van der Waals surface area contributed by atoms with Gasteiger partial charge in [0.1, 0.15) is 5.82 Å². The van der Waals surface area contributed by atoms with Gasteiger partial charge in [-0.05, 0) is 18.1 Å². The molecule has 0 spiro atoms. The molecule has 0 radical (unpaired) electrons. The Hall–Kier alpha value is -0.910. The third-order valence-electron chi connectivity index (χ3n) is 1.95. The maximum atomic E-state index is 12.6. The summed E-state index contributed by atoms with van der Waals surface area (Å²) in [5.41, 5.74) is -0.664. The van der Waals surface area contributed by atoms with Gasteiger partial charge in [-0.3, -0.25) is 0 Å². The molecule has 0 atom stereocenters. The maximum Gasteiger partial charge on any atom is 0.416 e. The Morgan fingerprint density at radius 1 is 1.35 bits per heavy atom. The number of hydrogen-bond acceptors (Lipinski definition) is 3. The fraction of sp³-hybridized carbons (Fsp3) is 0.545. The summed E-state index contributed by atoms with van der Waals surface area (Å²) in [6.07, 6.45) is -4.33. The van der Waals surface area contributed by atoms with Crippen LogP contribution in [0, 0.1) is 5.92 Å². The maximum absolute atomic E-state index is 12.6. The number of hydrogen-bond donors (Lipinski definition) is 1. The number of nitrogens with one attached hydrogen (secondary N) is 1. The van der Waals surface area contributed by atoms with Gasteiger partial charge >= 0.3 is 6.18 Å². The normalized spacial score (nSPS) is 11.9. The van der Waals surface area contributed by atoms with Crippen LogP contribution < -0.4 is 5.32 Å². The molecule has 0 unspecified atom stereocenters. The van der Waals surface area contributed by atoms with Gasteiger partial charge in [0.2, 0.25) is 0 Å². The lowest BCUT2D eigenvalue weighted by atomic mass is 10.2. The highest BCUT2D eigenvalue weighted by molar-refractivity contribution is 7.99. The van der Waals surface area contributed by atoms with Crippen LogP contribution in [0.15, 0.2) is 17.2 Å². The topological polar surface area (TPSA) is 24.9 Å². The Morgan fingerprint density at radius 3 is 2.47 bits per heavy atom. The van der Waals surface area contributed by atoms with E-state index in [0.717, 1.165) is 17.9 Å². The average molecular weight is 264 g/mol. The quantitative estimate of drug-likeness (QED) is 0.835. The summed E-state index contributed by atoms with van der Waals surface area (Å²) in [6, 6.07) is 2.10. The van der Waals surface area contributed by atoms with Crippen LogP contribution >= 0.6 is 11.8 Å². The van der Waals surface area contributed by atoms with Gasteiger partial charge in [-0.15, -0.1) is 11.8 Å². The van der Waals surface area contributed by atoms with Gasteiger partial charge < -0.3 is 5.32 Å². The summed E-state index contributed by atoms with van der Waals surface area (Å²) in [5, 5.41) is 3.04. The lowest BCUT2D eigenvalue weighted by molar-refractivity contribution is -0.137. The zero-order valence-corrected chi connectivity index (χ0v) is 10.7. The van der Waals surface area contributed by atoms with E-state index in [0.29, 0.717) is 10.9 Å². The summed E-state index contributed by atoms with van der Waals surface area (Å²) in [6.45, 7) is 4.03. The van der Waals surface area contributed by atoms with Gasteiger partial charge in [0.05, 0.1) is 10.6 Å². The Morgan fingerprint density at radius 2 is 2.00 bits per heavy atom. The molecule has 17 heavy (non-hydrogen) atoms. The van der Waals surface area contributed by atoms with E-state index in [2.05, 4.69) is 10.3 Å². The second-order valence-electron chi connectivity index (χ2n) is 4.03. The first-order chi connectivity index (χ1) is 7.82. The molecule has 1 aromatic rings. The van der Waals surface area contributed by atoms with Gasteiger partial charge in [-0.1, -0.05) is 13.8 Å². The largest absolute Gasteiger partial charge is 0.416 e. The van der Waals surface area contributed by atoms with E-state index < -0.39 is 11.7 Å². The number of rotatable bonds is 4. The van der Waals surface area contributed by atoms with Gasteiger partial charge in [0.15, 0.2) is 0 Å². The molecule has 0 bridgehead atoms. The Balaban J connectivity index is 2.97. The van der Waals surface area contributed by atoms with Crippen LogP contribution in [0.5, 0.6) is 0 Å². The fourth-order valence-corrected chi connectivity index (χ4v) is 2.00. The molecule has 0 saturated carbocycles. The van der Waals surface area contributed by atoms with Gasteiger partial charge in [-0.2, -0.15) is 13.2 Å². The predicted octanol–water partition coefficient (Wildman–Crippen LogP) is 3.89. The third-order valence-corrected chi connectivity index (χ3v) is 3.29. The Kier molecular flexibility index (Phi) is 4.68. The van der Waals surface area contributed by atoms with Crippen molar-refractivity contribution in [1.82, 2.24) is 4.98 Å². The second-order valence-corrected chi connectivity index (χ2v) is 5.07. The smallest absolute Gasteiger partial charge is 0.373 e. The van der Waals surface area contributed by atoms with Crippen molar-refractivity contribution in [2.45, 2.75) is 25.0 Å². The van der Waals surface area contributed by atoms with Gasteiger partial charge in [0.25, 0.3) is 0 Å². The van der Waals surface area contributed by atoms with Crippen molar-refractivity contribution in [1.29, 1.82) is 0 Å². The van der Waals surface area contributed by atoms with Crippen molar-refractivity contribution in [3.8, 4) is 0 Å². The molecule has 96 valence electrons. The highest BCUT2D eigenvalue weighted by Gasteiger charge is 2.31. The molecular formula is C11H15F3N2S. The fourth-order valence-electron chi connectivity index (χ4n) is 1.12. The first-order valence-corrected chi connectivity index (χ1v) is 6.21. The minimum Gasteiger partial charge on any atom is -0.373 e. The molecular weight excluding hydrogens is 249 g/mol. The van der Waals surface area contributed by atoms with Crippen LogP contribution in [0.25, 0.3) is 0 Å². The summed E-state index contributed by atoms with van der Waals surface area (Å²) in [7, 11) is 1.55. The van der Waals surface area contributed by atoms with Crippen molar-refractivity contribution in [3.63, 3.8) is 0 Å². The highest BCUT2D eigenvalue weighted by atomic mass is 32.2. The Labute approximate surface area is 103 Å². The monoisotopic (exact) mass is 264 g/mol. The highest BCUT2D eigenvalue weighted by Crippen LogP contribution is 2.33. The SMILES string of the molecule is CNc1cc(C(F)(F)F)cc(SCC(C)C)n1. The molecule has 0 amide bonds. The lowest BCUT2D eigenvalue weighted by Gasteiger charge is -2.11. The van der Waals surface area contributed by atoms with E-state index in [1.54, 1.807) is 7.05 Å². The summed E-state index contributed by atoms with van der Waals surface area (Å²) in [4.78, 5) is 4.09. The van der Waals surface area contributed by atoms with Crippen LogP contribution in [0.4, 0.5) is 19.0 Å². The van der Waals surface area contributed by atoms with E-state index in [-0.39, 0.29) is 5.82 Å². The zero-order valence-electron chi connectivity index (χ0n) is 9.93. The molecule has 0 aromatic carbocycles. The number of alkyl halides is 3. The van der Waals surface area contributed by atoms with E-state index >= 15 is 0 Å². The minimum atomic E-state index is -4.33. The third kappa shape index (κ3) is 4.46. The molecule has 1 N–H and O–H groups in total. The molecule has 0 aliphatic heterocycles. The van der Waals surface area contributed by atoms with Crippen LogP contribution in [-0.4, -0.2) is 17.8 Å². The minimum absolute atomic E-state index is 0.242. The number of aromatic nitrogens is 1. The van der Waals surface area contributed by atoms with E-state index in [9.17, 15) is 13.2 Å². The Bertz CT molecular complexity index is 377. The van der Waals surface area contributed by atoms with Crippen molar-refractivity contribution in [2.75, 3.05) is 18.1 Å². The van der Waals surface area contributed by atoms with Gasteiger partial charge in [-0.25, -0.2) is 4.98 Å². The van der Waals surface area contributed by atoms with Crippen molar-refractivity contribution >= 4 is 17.6 Å². The standard InChI is InChI=1S/C11H15F3N2S/c1-7(2)6-17-10-5-8(11(12,13)14)4-9(15-3)16-10/h4-5,7H,6H2,1-3H3,(H,15,16). The molecule has 2 nitrogen and oxygen atoms in total. The molecule has 0 saturated heterocycles. The zero-order chi connectivity index (χ0) is 13.1. The van der Waals surface area contributed by atoms with Crippen molar-refractivity contribution in [3.05, 3.63) is 17.7 Å². The second kappa shape index (κ2) is 5.62. The van der Waals surface area contributed by atoms with Crippen LogP contribution in [0.1, 0.15) is 19.4 Å². The first kappa shape index (κ1) is 14.2. The first-order valence-electron chi connectivity index (χ1n) is 5.22. The van der Waals surface area contributed by atoms with Crippen molar-refractivity contribution < 1.29 is 13.2 Å². The predicted molar refractivity (Wildman–Crippen MR) is 64.3 cm³/mol. The van der Waals surface area contributed by atoms with E-state index in [1.807, 2.05) is 13.8 Å². The molecule has 1 heterocycles. The van der Waals surface area contributed by atoms with E-state index in [1.165, 1.54) is 11.8 Å². The van der Waals surface area contributed by atoms with Crippen LogP contribution in [0.2, 0.25) is 0 Å². The van der Waals surface area contributed by atoms with Gasteiger partial charge in [0, 0.05) is 12.8 Å². The molecule has 0 aliphatic rings. The molecule has 6 heteroatoms. The van der Waals surface area contributed by atoms with E-state index in [4.69, 9.17) is 0 Å². The summed E-state index contributed by atoms with van der Waals surface area (Å²) in [5.74, 6) is 1.40. The van der Waals surface area contributed by atoms with Crippen LogP contribution in [-0.2, 0) is 6.18 Å².